The highest BCUT2D eigenvalue weighted by Crippen LogP contribution is 2.36. The number of para-hydroxylation sites is 1. The molecule has 0 bridgehead atoms. The van der Waals surface area contributed by atoms with Gasteiger partial charge in [-0.3, -0.25) is 14.2 Å². The molecule has 3 heterocycles. The standard InChI is InChI=1S/C27H22ClN3O4S/c1-4-14-30-19-13-9-7-11-17(19)21(24(30)32)23-25(33)31-22(16-10-6-8-12-18(16)28)20(26(34)35-5-2)15(3)29-27(31)36-23/h4,6-13,22H,1,5,14H2,2-3H3/b23-21-/t22-/m1/s1. The number of amides is 1. The van der Waals surface area contributed by atoms with Crippen molar-refractivity contribution in [3.8, 4) is 0 Å². The molecule has 1 amide bonds. The summed E-state index contributed by atoms with van der Waals surface area (Å²) >= 11 is 7.68. The molecule has 0 spiro atoms. The van der Waals surface area contributed by atoms with Gasteiger partial charge in [0.25, 0.3) is 11.5 Å². The fourth-order valence-corrected chi connectivity index (χ4v) is 6.02. The summed E-state index contributed by atoms with van der Waals surface area (Å²) < 4.78 is 7.02. The Morgan fingerprint density at radius 1 is 1.19 bits per heavy atom. The number of fused-ring (bicyclic) bond motifs is 2. The number of rotatable bonds is 5. The van der Waals surface area contributed by atoms with Crippen molar-refractivity contribution < 1.29 is 14.3 Å². The maximum Gasteiger partial charge on any atom is 0.338 e. The summed E-state index contributed by atoms with van der Waals surface area (Å²) in [5, 5.41) is 0.400. The molecule has 5 rings (SSSR count). The summed E-state index contributed by atoms with van der Waals surface area (Å²) in [5.74, 6) is -0.849. The van der Waals surface area contributed by atoms with Gasteiger partial charge in [-0.05, 0) is 31.5 Å². The zero-order valence-corrected chi connectivity index (χ0v) is 21.2. The average molecular weight is 520 g/mol. The number of esters is 1. The molecule has 0 aliphatic carbocycles. The van der Waals surface area contributed by atoms with Crippen LogP contribution in [0, 0.1) is 0 Å². The summed E-state index contributed by atoms with van der Waals surface area (Å²) in [6.07, 6.45) is 1.64. The fourth-order valence-electron chi connectivity index (χ4n) is 4.64. The Bertz CT molecular complexity index is 1650. The average Bonchev–Trinajstić information content (AvgIpc) is 3.32. The Labute approximate surface area is 215 Å². The Balaban J connectivity index is 1.84. The van der Waals surface area contributed by atoms with Crippen molar-refractivity contribution in [3.63, 3.8) is 0 Å². The van der Waals surface area contributed by atoms with E-state index in [1.165, 1.54) is 4.57 Å². The van der Waals surface area contributed by atoms with Gasteiger partial charge in [0.15, 0.2) is 4.80 Å². The third-order valence-electron chi connectivity index (χ3n) is 6.15. The zero-order valence-electron chi connectivity index (χ0n) is 19.7. The molecule has 0 unspecified atom stereocenters. The number of allylic oxidation sites excluding steroid dienone is 1. The maximum absolute atomic E-state index is 14.0. The summed E-state index contributed by atoms with van der Waals surface area (Å²) in [4.78, 5) is 47.2. The van der Waals surface area contributed by atoms with Gasteiger partial charge in [-0.15, -0.1) is 6.58 Å². The van der Waals surface area contributed by atoms with E-state index in [0.717, 1.165) is 11.3 Å². The first-order valence-electron chi connectivity index (χ1n) is 11.4. The number of hydrogen-bond donors (Lipinski definition) is 0. The van der Waals surface area contributed by atoms with E-state index in [1.54, 1.807) is 49.1 Å². The lowest BCUT2D eigenvalue weighted by Crippen LogP contribution is -2.41. The van der Waals surface area contributed by atoms with E-state index in [9.17, 15) is 14.4 Å². The van der Waals surface area contributed by atoms with Crippen LogP contribution >= 0.6 is 22.9 Å². The van der Waals surface area contributed by atoms with Gasteiger partial charge < -0.3 is 9.64 Å². The second kappa shape index (κ2) is 9.37. The molecule has 9 heteroatoms. The third kappa shape index (κ3) is 3.65. The van der Waals surface area contributed by atoms with Gasteiger partial charge >= 0.3 is 5.97 Å². The van der Waals surface area contributed by atoms with Crippen molar-refractivity contribution >= 4 is 46.1 Å². The van der Waals surface area contributed by atoms with E-state index >= 15 is 0 Å². The maximum atomic E-state index is 14.0. The van der Waals surface area contributed by atoms with Crippen LogP contribution in [0.5, 0.6) is 0 Å². The summed E-state index contributed by atoms with van der Waals surface area (Å²) in [6.45, 7) is 7.66. The van der Waals surface area contributed by atoms with E-state index < -0.39 is 17.6 Å². The van der Waals surface area contributed by atoms with Crippen LogP contribution in [0.25, 0.3) is 5.57 Å². The lowest BCUT2D eigenvalue weighted by Gasteiger charge is -2.25. The Kier molecular flexibility index (Phi) is 6.24. The predicted octanol–water partition coefficient (Wildman–Crippen LogP) is 3.35. The first-order valence-corrected chi connectivity index (χ1v) is 12.6. The predicted molar refractivity (Wildman–Crippen MR) is 140 cm³/mol. The van der Waals surface area contributed by atoms with Crippen molar-refractivity contribution in [3.05, 3.63) is 108 Å². The molecule has 0 saturated heterocycles. The number of hydrogen-bond acceptors (Lipinski definition) is 6. The minimum absolute atomic E-state index is 0.170. The van der Waals surface area contributed by atoms with Crippen molar-refractivity contribution in [2.24, 2.45) is 4.99 Å². The van der Waals surface area contributed by atoms with Gasteiger partial charge in [0.1, 0.15) is 10.6 Å². The first kappa shape index (κ1) is 24.0. The number of aromatic nitrogens is 1. The van der Waals surface area contributed by atoms with Crippen LogP contribution in [0.15, 0.2) is 82.2 Å². The van der Waals surface area contributed by atoms with Crippen LogP contribution in [0.3, 0.4) is 0 Å². The molecule has 1 aromatic heterocycles. The molecule has 2 aliphatic rings. The van der Waals surface area contributed by atoms with Gasteiger partial charge in [-0.1, -0.05) is 65.4 Å². The Hall–Kier alpha value is -3.75. The smallest absolute Gasteiger partial charge is 0.338 e. The quantitative estimate of drug-likeness (QED) is 0.382. The van der Waals surface area contributed by atoms with Crippen molar-refractivity contribution in [2.75, 3.05) is 18.1 Å². The summed E-state index contributed by atoms with van der Waals surface area (Å²) in [6, 6.07) is 13.5. The highest BCUT2D eigenvalue weighted by molar-refractivity contribution is 7.07. The summed E-state index contributed by atoms with van der Waals surface area (Å²) in [5.41, 5.74) is 2.52. The SMILES string of the molecule is C=CCN1C(=O)/C(=c2\sc3n(c2=O)[C@H](c2ccccc2Cl)C(C(=O)OCC)=C(C)N=3)c2ccccc21. The first-order chi connectivity index (χ1) is 17.4. The molecule has 2 aromatic carbocycles. The molecule has 2 aliphatic heterocycles. The van der Waals surface area contributed by atoms with Gasteiger partial charge in [0.2, 0.25) is 0 Å². The van der Waals surface area contributed by atoms with Crippen LogP contribution in [0.2, 0.25) is 5.02 Å². The van der Waals surface area contributed by atoms with E-state index in [2.05, 4.69) is 11.6 Å². The van der Waals surface area contributed by atoms with Gasteiger partial charge in [-0.25, -0.2) is 9.79 Å². The largest absolute Gasteiger partial charge is 0.463 e. The number of carbonyl (C=O) groups is 2. The highest BCUT2D eigenvalue weighted by atomic mass is 35.5. The van der Waals surface area contributed by atoms with Crippen LogP contribution < -0.4 is 19.8 Å². The molecule has 0 fully saturated rings. The highest BCUT2D eigenvalue weighted by Gasteiger charge is 2.37. The topological polar surface area (TPSA) is 81.0 Å². The fraction of sp³-hybridized carbons (Fsp3) is 0.185. The van der Waals surface area contributed by atoms with E-state index in [-0.39, 0.29) is 22.6 Å². The lowest BCUT2D eigenvalue weighted by atomic mass is 9.96. The number of anilines is 1. The molecule has 182 valence electrons. The van der Waals surface area contributed by atoms with Crippen LogP contribution in [0.1, 0.15) is 31.0 Å². The molecule has 3 aromatic rings. The molecule has 7 nitrogen and oxygen atoms in total. The Morgan fingerprint density at radius 2 is 1.92 bits per heavy atom. The second-order valence-corrected chi connectivity index (χ2v) is 9.63. The number of nitrogens with zero attached hydrogens (tertiary/aromatic N) is 3. The zero-order chi connectivity index (χ0) is 25.6. The van der Waals surface area contributed by atoms with E-state index in [4.69, 9.17) is 16.3 Å². The second-order valence-electron chi connectivity index (χ2n) is 8.24. The normalized spacial score (nSPS) is 18.0. The number of thiazole rings is 1. The third-order valence-corrected chi connectivity index (χ3v) is 7.55. The molecular formula is C27H22ClN3O4S. The van der Waals surface area contributed by atoms with Crippen molar-refractivity contribution in [1.29, 1.82) is 0 Å². The Morgan fingerprint density at radius 3 is 2.64 bits per heavy atom. The molecule has 1 atom stereocenters. The molecule has 36 heavy (non-hydrogen) atoms. The van der Waals surface area contributed by atoms with E-state index in [0.29, 0.717) is 44.5 Å². The van der Waals surface area contributed by atoms with Gasteiger partial charge in [0, 0.05) is 17.1 Å². The minimum Gasteiger partial charge on any atom is -0.463 e. The molecule has 0 saturated carbocycles. The van der Waals surface area contributed by atoms with Crippen LogP contribution in [-0.2, 0) is 14.3 Å². The minimum atomic E-state index is -0.848. The molecule has 0 N–H and O–H groups in total. The number of benzene rings is 2. The molecule has 0 radical (unpaired) electrons. The summed E-state index contributed by atoms with van der Waals surface area (Å²) in [7, 11) is 0. The number of carbonyl (C=O) groups excluding carboxylic acids is 2. The monoisotopic (exact) mass is 519 g/mol. The van der Waals surface area contributed by atoms with Crippen LogP contribution in [0.4, 0.5) is 5.69 Å². The number of ether oxygens (including phenoxy) is 1. The van der Waals surface area contributed by atoms with Crippen molar-refractivity contribution in [2.45, 2.75) is 19.9 Å². The van der Waals surface area contributed by atoms with E-state index in [1.807, 2.05) is 24.3 Å². The number of halogens is 1. The lowest BCUT2D eigenvalue weighted by molar-refractivity contribution is -0.139. The molecular weight excluding hydrogens is 498 g/mol. The van der Waals surface area contributed by atoms with Crippen LogP contribution in [-0.4, -0.2) is 29.6 Å². The van der Waals surface area contributed by atoms with Gasteiger partial charge in [-0.2, -0.15) is 0 Å². The van der Waals surface area contributed by atoms with Gasteiger partial charge in [0.05, 0.1) is 29.1 Å². The van der Waals surface area contributed by atoms with Crippen molar-refractivity contribution in [1.82, 2.24) is 4.57 Å².